The molecule has 0 unspecified atom stereocenters. The molecule has 0 spiro atoms. The Morgan fingerprint density at radius 2 is 1.89 bits per heavy atom. The zero-order chi connectivity index (χ0) is 13.3. The molecule has 2 aromatic rings. The van der Waals surface area contributed by atoms with Gasteiger partial charge in [0.2, 0.25) is 0 Å². The fourth-order valence-corrected chi connectivity index (χ4v) is 2.50. The molecule has 2 aromatic carbocycles. The van der Waals surface area contributed by atoms with Gasteiger partial charge in [-0.2, -0.15) is 0 Å². The van der Waals surface area contributed by atoms with Crippen molar-refractivity contribution in [3.05, 3.63) is 59.7 Å². The van der Waals surface area contributed by atoms with Crippen LogP contribution in [0.4, 0.5) is 5.69 Å². The second-order valence-electron chi connectivity index (χ2n) is 5.72. The summed E-state index contributed by atoms with van der Waals surface area (Å²) in [5.74, 6) is 0.924. The molecule has 2 nitrogen and oxygen atoms in total. The number of fused-ring (bicyclic) bond motifs is 1. The molecule has 0 saturated carbocycles. The summed E-state index contributed by atoms with van der Waals surface area (Å²) >= 11 is 0. The molecule has 0 atom stereocenters. The number of rotatable bonds is 3. The first-order chi connectivity index (χ1) is 9.15. The van der Waals surface area contributed by atoms with E-state index >= 15 is 0 Å². The van der Waals surface area contributed by atoms with Crippen LogP contribution in [0.1, 0.15) is 25.0 Å². The average Bonchev–Trinajstić information content (AvgIpc) is 2.73. The molecule has 1 aliphatic heterocycles. The number of ether oxygens (including phenoxy) is 1. The third kappa shape index (κ3) is 2.43. The summed E-state index contributed by atoms with van der Waals surface area (Å²) in [4.78, 5) is 0. The van der Waals surface area contributed by atoms with Crippen LogP contribution in [0, 0.1) is 0 Å². The molecule has 0 amide bonds. The lowest BCUT2D eigenvalue weighted by Gasteiger charge is -2.17. The lowest BCUT2D eigenvalue weighted by molar-refractivity contribution is 0.306. The molecular weight excluding hydrogens is 234 g/mol. The second kappa shape index (κ2) is 4.61. The molecule has 1 N–H and O–H groups in total. The Hall–Kier alpha value is -1.96. The van der Waals surface area contributed by atoms with Crippen molar-refractivity contribution in [2.75, 3.05) is 11.9 Å². The van der Waals surface area contributed by atoms with Gasteiger partial charge in [0, 0.05) is 23.7 Å². The maximum absolute atomic E-state index is 5.85. The molecule has 0 aromatic heterocycles. The second-order valence-corrected chi connectivity index (χ2v) is 5.72. The van der Waals surface area contributed by atoms with Gasteiger partial charge in [-0.05, 0) is 17.2 Å². The Morgan fingerprint density at radius 1 is 1.11 bits per heavy atom. The predicted molar refractivity (Wildman–Crippen MR) is 78.7 cm³/mol. The van der Waals surface area contributed by atoms with Crippen LogP contribution in [0.15, 0.2) is 48.5 Å². The van der Waals surface area contributed by atoms with Crippen LogP contribution in [0.5, 0.6) is 5.75 Å². The molecule has 0 saturated heterocycles. The molecule has 0 bridgehead atoms. The highest BCUT2D eigenvalue weighted by molar-refractivity contribution is 5.62. The van der Waals surface area contributed by atoms with Crippen molar-refractivity contribution in [2.24, 2.45) is 0 Å². The van der Waals surface area contributed by atoms with Crippen molar-refractivity contribution in [3.63, 3.8) is 0 Å². The number of hydrogen-bond donors (Lipinski definition) is 1. The molecule has 98 valence electrons. The van der Waals surface area contributed by atoms with Crippen molar-refractivity contribution in [2.45, 2.75) is 25.9 Å². The van der Waals surface area contributed by atoms with E-state index in [1.54, 1.807) is 0 Å². The first kappa shape index (κ1) is 12.1. The van der Waals surface area contributed by atoms with Crippen LogP contribution >= 0.6 is 0 Å². The smallest absolute Gasteiger partial charge is 0.121 e. The maximum atomic E-state index is 5.85. The van der Waals surface area contributed by atoms with E-state index in [1.165, 1.54) is 16.8 Å². The first-order valence-electron chi connectivity index (χ1n) is 6.70. The fourth-order valence-electron chi connectivity index (χ4n) is 2.50. The third-order valence-corrected chi connectivity index (χ3v) is 3.69. The Kier molecular flexibility index (Phi) is 2.94. The van der Waals surface area contributed by atoms with E-state index in [-0.39, 0.29) is 5.41 Å². The lowest BCUT2D eigenvalue weighted by atomic mass is 9.87. The minimum Gasteiger partial charge on any atom is -0.489 e. The molecule has 2 heteroatoms. The van der Waals surface area contributed by atoms with Crippen LogP contribution in [0.2, 0.25) is 0 Å². The molecule has 0 aliphatic carbocycles. The van der Waals surface area contributed by atoms with Crippen LogP contribution in [-0.4, -0.2) is 6.54 Å². The number of benzene rings is 2. The zero-order valence-corrected chi connectivity index (χ0v) is 11.4. The first-order valence-corrected chi connectivity index (χ1v) is 6.70. The number of hydrogen-bond acceptors (Lipinski definition) is 2. The van der Waals surface area contributed by atoms with E-state index < -0.39 is 0 Å². The Bertz CT molecular complexity index is 575. The summed E-state index contributed by atoms with van der Waals surface area (Å²) in [5.41, 5.74) is 3.99. The largest absolute Gasteiger partial charge is 0.489 e. The van der Waals surface area contributed by atoms with E-state index in [9.17, 15) is 0 Å². The van der Waals surface area contributed by atoms with Crippen LogP contribution in [0.3, 0.4) is 0 Å². The number of anilines is 1. The van der Waals surface area contributed by atoms with Gasteiger partial charge in [-0.3, -0.25) is 0 Å². The molecule has 0 fully saturated rings. The summed E-state index contributed by atoms with van der Waals surface area (Å²) in [7, 11) is 0. The molecular formula is C17H19NO. The summed E-state index contributed by atoms with van der Waals surface area (Å²) in [6.45, 7) is 6.13. The van der Waals surface area contributed by atoms with Gasteiger partial charge >= 0.3 is 0 Å². The lowest BCUT2D eigenvalue weighted by Crippen LogP contribution is -2.18. The van der Waals surface area contributed by atoms with E-state index in [4.69, 9.17) is 4.74 Å². The SMILES string of the molecule is CC1(C)CNc2cc(OCc3ccccc3)ccc21. The van der Waals surface area contributed by atoms with Crippen molar-refractivity contribution in [1.82, 2.24) is 0 Å². The van der Waals surface area contributed by atoms with Crippen LogP contribution in [0.25, 0.3) is 0 Å². The molecule has 0 radical (unpaired) electrons. The number of nitrogens with one attached hydrogen (secondary N) is 1. The summed E-state index contributed by atoms with van der Waals surface area (Å²) in [5, 5.41) is 3.45. The minimum absolute atomic E-state index is 0.216. The average molecular weight is 253 g/mol. The van der Waals surface area contributed by atoms with Crippen molar-refractivity contribution < 1.29 is 4.74 Å². The van der Waals surface area contributed by atoms with Gasteiger partial charge in [-0.1, -0.05) is 50.2 Å². The molecule has 1 aliphatic rings. The van der Waals surface area contributed by atoms with Gasteiger partial charge < -0.3 is 10.1 Å². The highest BCUT2D eigenvalue weighted by Gasteiger charge is 2.29. The topological polar surface area (TPSA) is 21.3 Å². The normalized spacial score (nSPS) is 15.7. The van der Waals surface area contributed by atoms with Gasteiger partial charge in [0.05, 0.1) is 0 Å². The summed E-state index contributed by atoms with van der Waals surface area (Å²) in [6, 6.07) is 16.6. The van der Waals surface area contributed by atoms with Crippen LogP contribution in [-0.2, 0) is 12.0 Å². The molecule has 19 heavy (non-hydrogen) atoms. The fraction of sp³-hybridized carbons (Fsp3) is 0.294. The van der Waals surface area contributed by atoms with E-state index in [0.29, 0.717) is 6.61 Å². The van der Waals surface area contributed by atoms with Crippen molar-refractivity contribution >= 4 is 5.69 Å². The van der Waals surface area contributed by atoms with Gasteiger partial charge in [0.25, 0.3) is 0 Å². The summed E-state index contributed by atoms with van der Waals surface area (Å²) in [6.07, 6.45) is 0. The van der Waals surface area contributed by atoms with Gasteiger partial charge in [-0.15, -0.1) is 0 Å². The molecule has 3 rings (SSSR count). The zero-order valence-electron chi connectivity index (χ0n) is 11.4. The van der Waals surface area contributed by atoms with Crippen LogP contribution < -0.4 is 10.1 Å². The Balaban J connectivity index is 1.74. The quantitative estimate of drug-likeness (QED) is 0.893. The van der Waals surface area contributed by atoms with Gasteiger partial charge in [0.15, 0.2) is 0 Å². The minimum atomic E-state index is 0.216. The van der Waals surface area contributed by atoms with E-state index in [0.717, 1.165) is 12.3 Å². The monoisotopic (exact) mass is 253 g/mol. The third-order valence-electron chi connectivity index (χ3n) is 3.69. The predicted octanol–water partition coefficient (Wildman–Crippen LogP) is 3.97. The summed E-state index contributed by atoms with van der Waals surface area (Å²) < 4.78 is 5.85. The standard InChI is InChI=1S/C17H19NO/c1-17(2)12-18-16-10-14(8-9-15(16)17)19-11-13-6-4-3-5-7-13/h3-10,18H,11-12H2,1-2H3. The van der Waals surface area contributed by atoms with Crippen molar-refractivity contribution in [3.8, 4) is 5.75 Å². The van der Waals surface area contributed by atoms with Crippen molar-refractivity contribution in [1.29, 1.82) is 0 Å². The van der Waals surface area contributed by atoms with Gasteiger partial charge in [-0.25, -0.2) is 0 Å². The highest BCUT2D eigenvalue weighted by Crippen LogP contribution is 2.38. The maximum Gasteiger partial charge on any atom is 0.121 e. The Labute approximate surface area is 114 Å². The molecule has 1 heterocycles. The Morgan fingerprint density at radius 3 is 2.68 bits per heavy atom. The highest BCUT2D eigenvalue weighted by atomic mass is 16.5. The van der Waals surface area contributed by atoms with E-state index in [2.05, 4.69) is 49.5 Å². The van der Waals surface area contributed by atoms with Gasteiger partial charge in [0.1, 0.15) is 12.4 Å². The van der Waals surface area contributed by atoms with E-state index in [1.807, 2.05) is 18.2 Å².